The van der Waals surface area contributed by atoms with E-state index < -0.39 is 23.5 Å². The molecule has 0 saturated heterocycles. The summed E-state index contributed by atoms with van der Waals surface area (Å²) in [4.78, 5) is 11.1. The number of halogens is 2. The number of carbonyl (C=O) groups is 1. The monoisotopic (exact) mass is 200 g/mol. The van der Waals surface area contributed by atoms with Gasteiger partial charge >= 0.3 is 0 Å². The summed E-state index contributed by atoms with van der Waals surface area (Å²) in [6, 6.07) is 2.95. The van der Waals surface area contributed by atoms with Crippen molar-refractivity contribution >= 4 is 5.91 Å². The SMILES string of the molecule is CC(C(=O)NN)c1cc(F)ccc1F. The Balaban J connectivity index is 3.05. The van der Waals surface area contributed by atoms with Crippen LogP contribution in [-0.4, -0.2) is 5.91 Å². The lowest BCUT2D eigenvalue weighted by Gasteiger charge is -2.10. The second kappa shape index (κ2) is 4.15. The minimum Gasteiger partial charge on any atom is -0.294 e. The molecule has 0 aliphatic heterocycles. The summed E-state index contributed by atoms with van der Waals surface area (Å²) in [5.41, 5.74) is 1.88. The zero-order valence-electron chi connectivity index (χ0n) is 7.55. The Hall–Kier alpha value is -1.49. The fourth-order valence-corrected chi connectivity index (χ4v) is 1.11. The van der Waals surface area contributed by atoms with Crippen LogP contribution in [0.5, 0.6) is 0 Å². The zero-order chi connectivity index (χ0) is 10.7. The lowest BCUT2D eigenvalue weighted by Crippen LogP contribution is -2.34. The highest BCUT2D eigenvalue weighted by Gasteiger charge is 2.18. The van der Waals surface area contributed by atoms with Gasteiger partial charge in [0.1, 0.15) is 11.6 Å². The maximum atomic E-state index is 13.1. The van der Waals surface area contributed by atoms with Crippen LogP contribution < -0.4 is 11.3 Å². The van der Waals surface area contributed by atoms with Crippen LogP contribution in [0.4, 0.5) is 8.78 Å². The van der Waals surface area contributed by atoms with Crippen LogP contribution in [0, 0.1) is 11.6 Å². The molecule has 1 aromatic rings. The normalized spacial score (nSPS) is 12.3. The third kappa shape index (κ3) is 2.05. The van der Waals surface area contributed by atoms with Gasteiger partial charge in [-0.1, -0.05) is 0 Å². The topological polar surface area (TPSA) is 55.1 Å². The number of nitrogens with two attached hydrogens (primary N) is 1. The van der Waals surface area contributed by atoms with E-state index in [1.807, 2.05) is 5.43 Å². The molecule has 0 heterocycles. The quantitative estimate of drug-likeness (QED) is 0.426. The highest BCUT2D eigenvalue weighted by atomic mass is 19.1. The molecule has 0 saturated carbocycles. The van der Waals surface area contributed by atoms with Crippen molar-refractivity contribution in [3.63, 3.8) is 0 Å². The summed E-state index contributed by atoms with van der Waals surface area (Å²) in [5, 5.41) is 0. The predicted molar refractivity (Wildman–Crippen MR) is 47.1 cm³/mol. The molecule has 1 unspecified atom stereocenters. The Labute approximate surface area is 79.9 Å². The average molecular weight is 200 g/mol. The van der Waals surface area contributed by atoms with Crippen LogP contribution in [0.1, 0.15) is 18.4 Å². The van der Waals surface area contributed by atoms with Gasteiger partial charge in [0.2, 0.25) is 5.91 Å². The highest BCUT2D eigenvalue weighted by molar-refractivity contribution is 5.82. The number of benzene rings is 1. The molecule has 1 rings (SSSR count). The van der Waals surface area contributed by atoms with E-state index in [4.69, 9.17) is 5.84 Å². The Morgan fingerprint density at radius 1 is 1.50 bits per heavy atom. The zero-order valence-corrected chi connectivity index (χ0v) is 7.55. The highest BCUT2D eigenvalue weighted by Crippen LogP contribution is 2.19. The number of hydrogen-bond donors (Lipinski definition) is 2. The van der Waals surface area contributed by atoms with Crippen LogP contribution >= 0.6 is 0 Å². The van der Waals surface area contributed by atoms with Crippen LogP contribution in [-0.2, 0) is 4.79 Å². The molecule has 0 aliphatic rings. The van der Waals surface area contributed by atoms with Crippen molar-refractivity contribution in [1.29, 1.82) is 0 Å². The molecule has 0 spiro atoms. The van der Waals surface area contributed by atoms with Crippen molar-refractivity contribution < 1.29 is 13.6 Å². The van der Waals surface area contributed by atoms with Gasteiger partial charge in [-0.15, -0.1) is 0 Å². The molecular formula is C9H10F2N2O. The van der Waals surface area contributed by atoms with E-state index in [2.05, 4.69) is 0 Å². The lowest BCUT2D eigenvalue weighted by molar-refractivity contribution is -0.122. The van der Waals surface area contributed by atoms with Gasteiger partial charge in [-0.25, -0.2) is 14.6 Å². The molecule has 0 aromatic heterocycles. The molecule has 3 nitrogen and oxygen atoms in total. The molecule has 76 valence electrons. The summed E-state index contributed by atoms with van der Waals surface area (Å²) < 4.78 is 25.9. The summed E-state index contributed by atoms with van der Waals surface area (Å²) in [7, 11) is 0. The van der Waals surface area contributed by atoms with Gasteiger partial charge in [0, 0.05) is 5.56 Å². The number of hydrogen-bond acceptors (Lipinski definition) is 2. The molecule has 1 amide bonds. The molecule has 3 N–H and O–H groups in total. The fourth-order valence-electron chi connectivity index (χ4n) is 1.11. The molecule has 0 aliphatic carbocycles. The number of amides is 1. The molecule has 1 aromatic carbocycles. The Bertz CT molecular complexity index is 355. The van der Waals surface area contributed by atoms with Gasteiger partial charge < -0.3 is 0 Å². The van der Waals surface area contributed by atoms with E-state index in [1.54, 1.807) is 0 Å². The van der Waals surface area contributed by atoms with E-state index in [0.29, 0.717) is 0 Å². The minimum atomic E-state index is -0.810. The first-order valence-electron chi connectivity index (χ1n) is 4.01. The van der Waals surface area contributed by atoms with E-state index in [1.165, 1.54) is 6.92 Å². The standard InChI is InChI=1S/C9H10F2N2O/c1-5(9(14)13-12)7-4-6(10)2-3-8(7)11/h2-5H,12H2,1H3,(H,13,14). The molecule has 0 fully saturated rings. The summed E-state index contributed by atoms with van der Waals surface area (Å²) >= 11 is 0. The van der Waals surface area contributed by atoms with Crippen LogP contribution in [0.15, 0.2) is 18.2 Å². The van der Waals surface area contributed by atoms with Gasteiger partial charge in [0.15, 0.2) is 0 Å². The fraction of sp³-hybridized carbons (Fsp3) is 0.222. The molecule has 5 heteroatoms. The number of rotatable bonds is 2. The Kier molecular flexibility index (Phi) is 3.14. The summed E-state index contributed by atoms with van der Waals surface area (Å²) in [5.74, 6) is 2.30. The van der Waals surface area contributed by atoms with E-state index in [9.17, 15) is 13.6 Å². The van der Waals surface area contributed by atoms with Crippen molar-refractivity contribution in [3.8, 4) is 0 Å². The molecule has 0 radical (unpaired) electrons. The van der Waals surface area contributed by atoms with Crippen LogP contribution in [0.2, 0.25) is 0 Å². The lowest BCUT2D eigenvalue weighted by atomic mass is 10.00. The Morgan fingerprint density at radius 3 is 2.71 bits per heavy atom. The molecule has 0 bridgehead atoms. The smallest absolute Gasteiger partial charge is 0.241 e. The first-order chi connectivity index (χ1) is 6.56. The van der Waals surface area contributed by atoms with E-state index >= 15 is 0 Å². The number of hydrazine groups is 1. The van der Waals surface area contributed by atoms with Gasteiger partial charge in [0.25, 0.3) is 0 Å². The average Bonchev–Trinajstić information content (AvgIpc) is 2.19. The molecular weight excluding hydrogens is 190 g/mol. The van der Waals surface area contributed by atoms with Gasteiger partial charge in [-0.3, -0.25) is 10.2 Å². The van der Waals surface area contributed by atoms with Crippen molar-refractivity contribution in [1.82, 2.24) is 5.43 Å². The predicted octanol–water partition coefficient (Wildman–Crippen LogP) is 1.06. The van der Waals surface area contributed by atoms with E-state index in [-0.39, 0.29) is 5.56 Å². The van der Waals surface area contributed by atoms with Gasteiger partial charge in [-0.2, -0.15) is 0 Å². The second-order valence-electron chi connectivity index (χ2n) is 2.90. The first kappa shape index (κ1) is 10.6. The van der Waals surface area contributed by atoms with Crippen molar-refractivity contribution in [3.05, 3.63) is 35.4 Å². The largest absolute Gasteiger partial charge is 0.294 e. The maximum absolute atomic E-state index is 13.1. The third-order valence-electron chi connectivity index (χ3n) is 1.96. The number of nitrogens with one attached hydrogen (secondary N) is 1. The minimum absolute atomic E-state index is 0.00653. The van der Waals surface area contributed by atoms with Crippen molar-refractivity contribution in [2.45, 2.75) is 12.8 Å². The van der Waals surface area contributed by atoms with Crippen LogP contribution in [0.25, 0.3) is 0 Å². The second-order valence-corrected chi connectivity index (χ2v) is 2.90. The third-order valence-corrected chi connectivity index (χ3v) is 1.96. The van der Waals surface area contributed by atoms with Crippen molar-refractivity contribution in [2.75, 3.05) is 0 Å². The van der Waals surface area contributed by atoms with Crippen LogP contribution in [0.3, 0.4) is 0 Å². The van der Waals surface area contributed by atoms with Crippen molar-refractivity contribution in [2.24, 2.45) is 5.84 Å². The Morgan fingerprint density at radius 2 is 2.14 bits per heavy atom. The summed E-state index contributed by atoms with van der Waals surface area (Å²) in [6.07, 6.45) is 0. The van der Waals surface area contributed by atoms with Gasteiger partial charge in [0.05, 0.1) is 5.92 Å². The van der Waals surface area contributed by atoms with Gasteiger partial charge in [-0.05, 0) is 25.1 Å². The molecule has 14 heavy (non-hydrogen) atoms. The maximum Gasteiger partial charge on any atom is 0.241 e. The number of carbonyl (C=O) groups excluding carboxylic acids is 1. The molecule has 1 atom stereocenters. The first-order valence-corrected chi connectivity index (χ1v) is 4.01. The summed E-state index contributed by atoms with van der Waals surface area (Å²) in [6.45, 7) is 1.44. The van der Waals surface area contributed by atoms with E-state index in [0.717, 1.165) is 18.2 Å².